The summed E-state index contributed by atoms with van der Waals surface area (Å²) in [5.74, 6) is -0.251. The van der Waals surface area contributed by atoms with Crippen molar-refractivity contribution < 1.29 is 4.39 Å². The maximum Gasteiger partial charge on any atom is 0.127 e. The second-order valence-electron chi connectivity index (χ2n) is 4.11. The predicted octanol–water partition coefficient (Wildman–Crippen LogP) is -0.820. The lowest BCUT2D eigenvalue weighted by atomic mass is 9.40. The van der Waals surface area contributed by atoms with Gasteiger partial charge in [-0.25, -0.2) is 4.39 Å². The van der Waals surface area contributed by atoms with Crippen molar-refractivity contribution in [1.29, 1.82) is 0 Å². The third kappa shape index (κ3) is 2.30. The van der Waals surface area contributed by atoms with E-state index in [9.17, 15) is 4.39 Å². The number of anilines is 1. The molecule has 0 aliphatic heterocycles. The summed E-state index contributed by atoms with van der Waals surface area (Å²) >= 11 is 3.31. The molecule has 1 nitrogen and oxygen atoms in total. The standard InChI is InChI=1S/C7H10B3BrFN/c8-7(9,10)6-4(11)1-3(13)2-5(6)12/h1-2H,8-10,13H2. The molecule has 0 saturated heterocycles. The minimum atomic E-state index is -0.251. The summed E-state index contributed by atoms with van der Waals surface area (Å²) < 4.78 is 14.2. The highest BCUT2D eigenvalue weighted by atomic mass is 79.9. The van der Waals surface area contributed by atoms with Gasteiger partial charge in [0.15, 0.2) is 0 Å². The Morgan fingerprint density at radius 2 is 1.85 bits per heavy atom. The number of hydrogen-bond donors (Lipinski definition) is 1. The van der Waals surface area contributed by atoms with E-state index >= 15 is 0 Å². The fraction of sp³-hybridized carbons (Fsp3) is 0.143. The summed E-state index contributed by atoms with van der Waals surface area (Å²) in [5, 5.41) is -0.212. The molecule has 0 saturated carbocycles. The van der Waals surface area contributed by atoms with Crippen LogP contribution in [-0.4, -0.2) is 23.5 Å². The van der Waals surface area contributed by atoms with Crippen LogP contribution in [0.25, 0.3) is 0 Å². The number of hydrogen-bond acceptors (Lipinski definition) is 1. The molecule has 2 N–H and O–H groups in total. The zero-order valence-corrected chi connectivity index (χ0v) is 9.57. The second kappa shape index (κ2) is 3.41. The van der Waals surface area contributed by atoms with Crippen LogP contribution >= 0.6 is 15.9 Å². The van der Waals surface area contributed by atoms with Gasteiger partial charge in [-0.15, -0.1) is 0 Å². The number of rotatable bonds is 1. The first-order chi connectivity index (χ1) is 5.82. The molecule has 0 amide bonds. The Morgan fingerprint density at radius 3 is 2.23 bits per heavy atom. The Labute approximate surface area is 88.6 Å². The number of benzene rings is 1. The van der Waals surface area contributed by atoms with Gasteiger partial charge in [0, 0.05) is 10.2 Å². The van der Waals surface area contributed by atoms with Crippen molar-refractivity contribution in [3.63, 3.8) is 0 Å². The molecule has 0 bridgehead atoms. The molecule has 13 heavy (non-hydrogen) atoms. The zero-order valence-electron chi connectivity index (χ0n) is 7.99. The molecule has 1 aromatic carbocycles. The fourth-order valence-corrected chi connectivity index (χ4v) is 2.36. The van der Waals surface area contributed by atoms with E-state index in [2.05, 4.69) is 15.9 Å². The van der Waals surface area contributed by atoms with Crippen LogP contribution < -0.4 is 5.73 Å². The molecule has 0 atom stereocenters. The fourth-order valence-electron chi connectivity index (χ4n) is 1.31. The molecule has 66 valence electrons. The lowest BCUT2D eigenvalue weighted by molar-refractivity contribution is 0.612. The van der Waals surface area contributed by atoms with Crippen LogP contribution in [0.4, 0.5) is 10.1 Å². The number of halogens is 2. The van der Waals surface area contributed by atoms with Crippen LogP contribution in [0.3, 0.4) is 0 Å². The Kier molecular flexibility index (Phi) is 2.81. The first-order valence-corrected chi connectivity index (χ1v) is 4.86. The van der Waals surface area contributed by atoms with Crippen molar-refractivity contribution in [3.05, 3.63) is 28.0 Å². The molecule has 0 heterocycles. The van der Waals surface area contributed by atoms with Gasteiger partial charge in [0.05, 0.1) is 23.5 Å². The second-order valence-corrected chi connectivity index (χ2v) is 4.96. The van der Waals surface area contributed by atoms with Crippen LogP contribution in [-0.2, 0) is 5.11 Å². The highest BCUT2D eigenvalue weighted by molar-refractivity contribution is 9.10. The number of nitrogens with two attached hydrogens (primary N) is 1. The lowest BCUT2D eigenvalue weighted by Gasteiger charge is -2.21. The van der Waals surface area contributed by atoms with E-state index in [1.807, 2.05) is 23.5 Å². The van der Waals surface area contributed by atoms with Gasteiger partial charge in [0.2, 0.25) is 0 Å². The third-order valence-corrected chi connectivity index (χ3v) is 2.44. The molecular formula is C7H10B3BrFN. The van der Waals surface area contributed by atoms with E-state index in [0.29, 0.717) is 11.3 Å². The summed E-state index contributed by atoms with van der Waals surface area (Å²) in [6, 6.07) is 3.08. The Balaban J connectivity index is 3.38. The van der Waals surface area contributed by atoms with Crippen molar-refractivity contribution in [1.82, 2.24) is 0 Å². The summed E-state index contributed by atoms with van der Waals surface area (Å²) in [6.45, 7) is 0. The van der Waals surface area contributed by atoms with Gasteiger partial charge in [-0.1, -0.05) is 21.0 Å². The van der Waals surface area contributed by atoms with Crippen LogP contribution in [0.15, 0.2) is 16.6 Å². The van der Waals surface area contributed by atoms with Gasteiger partial charge in [-0.05, 0) is 17.7 Å². The monoisotopic (exact) mass is 239 g/mol. The van der Waals surface area contributed by atoms with Gasteiger partial charge >= 0.3 is 0 Å². The predicted molar refractivity (Wildman–Crippen MR) is 65.8 cm³/mol. The van der Waals surface area contributed by atoms with Crippen molar-refractivity contribution in [2.75, 3.05) is 5.73 Å². The number of nitrogen functional groups attached to an aromatic ring is 1. The van der Waals surface area contributed by atoms with E-state index in [1.165, 1.54) is 6.07 Å². The van der Waals surface area contributed by atoms with Crippen LogP contribution in [0, 0.1) is 5.82 Å². The van der Waals surface area contributed by atoms with Crippen molar-refractivity contribution in [2.45, 2.75) is 5.11 Å². The maximum atomic E-state index is 13.5. The van der Waals surface area contributed by atoms with E-state index in [1.54, 1.807) is 6.07 Å². The summed E-state index contributed by atoms with van der Waals surface area (Å²) in [7, 11) is 5.89. The first-order valence-electron chi connectivity index (χ1n) is 4.07. The molecule has 0 fully saturated rings. The summed E-state index contributed by atoms with van der Waals surface area (Å²) in [5.41, 5.74) is 6.61. The van der Waals surface area contributed by atoms with Gasteiger partial charge in [0.1, 0.15) is 5.82 Å². The average Bonchev–Trinajstić information content (AvgIpc) is 1.78. The van der Waals surface area contributed by atoms with Gasteiger partial charge < -0.3 is 5.73 Å². The van der Waals surface area contributed by atoms with E-state index < -0.39 is 0 Å². The Bertz CT molecular complexity index is 314. The van der Waals surface area contributed by atoms with E-state index in [-0.39, 0.29) is 10.9 Å². The minimum Gasteiger partial charge on any atom is -0.399 e. The molecule has 0 aliphatic carbocycles. The summed E-state index contributed by atoms with van der Waals surface area (Å²) in [4.78, 5) is 0. The van der Waals surface area contributed by atoms with Crippen LogP contribution in [0.1, 0.15) is 5.56 Å². The maximum absolute atomic E-state index is 13.5. The van der Waals surface area contributed by atoms with Crippen LogP contribution in [0.2, 0.25) is 0 Å². The molecule has 0 unspecified atom stereocenters. The topological polar surface area (TPSA) is 26.0 Å². The molecule has 0 aromatic heterocycles. The van der Waals surface area contributed by atoms with Gasteiger partial charge in [-0.3, -0.25) is 0 Å². The molecule has 1 rings (SSSR count). The Morgan fingerprint density at radius 1 is 1.31 bits per heavy atom. The molecule has 0 radical (unpaired) electrons. The molecule has 0 spiro atoms. The average molecular weight is 240 g/mol. The zero-order chi connectivity index (χ0) is 10.2. The third-order valence-electron chi connectivity index (χ3n) is 1.81. The SMILES string of the molecule is BC(B)(B)c1c(F)cc(N)cc1Br. The van der Waals surface area contributed by atoms with Crippen molar-refractivity contribution in [2.24, 2.45) is 0 Å². The summed E-state index contributed by atoms with van der Waals surface area (Å²) in [6.07, 6.45) is 0. The normalized spacial score (nSPS) is 11.5. The first kappa shape index (κ1) is 10.7. The Hall–Kier alpha value is -0.375. The quantitative estimate of drug-likeness (QED) is 0.503. The molecule has 6 heteroatoms. The lowest BCUT2D eigenvalue weighted by Crippen LogP contribution is -2.29. The van der Waals surface area contributed by atoms with Gasteiger partial charge in [-0.2, -0.15) is 0 Å². The van der Waals surface area contributed by atoms with E-state index in [4.69, 9.17) is 5.73 Å². The van der Waals surface area contributed by atoms with Crippen LogP contribution in [0.5, 0.6) is 0 Å². The smallest absolute Gasteiger partial charge is 0.127 e. The highest BCUT2D eigenvalue weighted by Gasteiger charge is 2.21. The van der Waals surface area contributed by atoms with Gasteiger partial charge in [0.25, 0.3) is 0 Å². The minimum absolute atomic E-state index is 0.212. The van der Waals surface area contributed by atoms with Crippen molar-refractivity contribution >= 4 is 45.2 Å². The van der Waals surface area contributed by atoms with E-state index in [0.717, 1.165) is 4.47 Å². The molecule has 0 aliphatic rings. The largest absolute Gasteiger partial charge is 0.399 e. The molecular weight excluding hydrogens is 229 g/mol. The molecule has 1 aromatic rings. The van der Waals surface area contributed by atoms with Crippen molar-refractivity contribution in [3.8, 4) is 0 Å². The highest BCUT2D eigenvalue weighted by Crippen LogP contribution is 2.28.